The fourth-order valence-corrected chi connectivity index (χ4v) is 2.27. The van der Waals surface area contributed by atoms with E-state index < -0.39 is 0 Å². The van der Waals surface area contributed by atoms with Crippen LogP contribution in [0.2, 0.25) is 5.02 Å². The quantitative estimate of drug-likeness (QED) is 0.688. The Morgan fingerprint density at radius 2 is 1.90 bits per heavy atom. The summed E-state index contributed by atoms with van der Waals surface area (Å²) in [5, 5.41) is 1.43. The number of halogens is 1. The van der Waals surface area contributed by atoms with Crippen LogP contribution in [0.1, 0.15) is 16.2 Å². The lowest BCUT2D eigenvalue weighted by atomic mass is 10.1. The van der Waals surface area contributed by atoms with Crippen LogP contribution in [0.4, 0.5) is 0 Å². The molecule has 0 spiro atoms. The van der Waals surface area contributed by atoms with E-state index in [-0.39, 0.29) is 12.2 Å². The van der Waals surface area contributed by atoms with Crippen molar-refractivity contribution in [2.75, 3.05) is 0 Å². The van der Waals surface area contributed by atoms with Crippen molar-refractivity contribution in [3.05, 3.63) is 71.1 Å². The van der Waals surface area contributed by atoms with Gasteiger partial charge in [-0.15, -0.1) is 0 Å². The number of nitrogens with zero attached hydrogens (tertiary/aromatic N) is 2. The van der Waals surface area contributed by atoms with Crippen molar-refractivity contribution in [3.8, 4) is 0 Å². The fraction of sp³-hybridized carbons (Fsp3) is 0.0625. The summed E-state index contributed by atoms with van der Waals surface area (Å²) < 4.78 is 0. The number of para-hydroxylation sites is 1. The topological polar surface area (TPSA) is 42.9 Å². The van der Waals surface area contributed by atoms with Gasteiger partial charge in [0.05, 0.1) is 17.0 Å². The second-order valence-corrected chi connectivity index (χ2v) is 4.84. The van der Waals surface area contributed by atoms with Crippen LogP contribution >= 0.6 is 11.6 Å². The van der Waals surface area contributed by atoms with Crippen LogP contribution < -0.4 is 0 Å². The minimum Gasteiger partial charge on any atom is -0.292 e. The first-order valence-corrected chi connectivity index (χ1v) is 6.60. The Labute approximate surface area is 121 Å². The van der Waals surface area contributed by atoms with Crippen LogP contribution in [0.25, 0.3) is 10.9 Å². The molecule has 0 atom stereocenters. The van der Waals surface area contributed by atoms with Gasteiger partial charge in [-0.05, 0) is 24.3 Å². The van der Waals surface area contributed by atoms with Crippen LogP contribution in [0.3, 0.4) is 0 Å². The normalized spacial score (nSPS) is 10.7. The van der Waals surface area contributed by atoms with E-state index in [1.807, 2.05) is 36.4 Å². The van der Waals surface area contributed by atoms with Gasteiger partial charge in [-0.25, -0.2) is 0 Å². The third-order valence-corrected chi connectivity index (χ3v) is 3.33. The number of aromatic nitrogens is 2. The molecule has 0 amide bonds. The van der Waals surface area contributed by atoms with Gasteiger partial charge in [0.15, 0.2) is 5.78 Å². The molecule has 98 valence electrons. The zero-order valence-electron chi connectivity index (χ0n) is 10.6. The van der Waals surface area contributed by atoms with Gasteiger partial charge in [0.2, 0.25) is 0 Å². The molecule has 0 saturated heterocycles. The smallest absolute Gasteiger partial charge is 0.188 e. The van der Waals surface area contributed by atoms with E-state index in [4.69, 9.17) is 11.6 Å². The van der Waals surface area contributed by atoms with Crippen molar-refractivity contribution in [1.29, 1.82) is 0 Å². The first kappa shape index (κ1) is 12.8. The zero-order valence-corrected chi connectivity index (χ0v) is 11.3. The number of rotatable bonds is 3. The van der Waals surface area contributed by atoms with Gasteiger partial charge in [0.25, 0.3) is 0 Å². The van der Waals surface area contributed by atoms with Gasteiger partial charge in [0, 0.05) is 17.3 Å². The third-order valence-electron chi connectivity index (χ3n) is 3.02. The van der Waals surface area contributed by atoms with Gasteiger partial charge in [-0.2, -0.15) is 0 Å². The van der Waals surface area contributed by atoms with E-state index in [0.717, 1.165) is 16.6 Å². The highest BCUT2D eigenvalue weighted by Gasteiger charge is 2.13. The van der Waals surface area contributed by atoms with Crippen molar-refractivity contribution in [1.82, 2.24) is 9.97 Å². The van der Waals surface area contributed by atoms with E-state index in [1.54, 1.807) is 18.3 Å². The Kier molecular flexibility index (Phi) is 3.44. The van der Waals surface area contributed by atoms with Crippen molar-refractivity contribution < 1.29 is 4.79 Å². The highest BCUT2D eigenvalue weighted by molar-refractivity contribution is 6.33. The van der Waals surface area contributed by atoms with Crippen molar-refractivity contribution >= 4 is 28.3 Å². The molecule has 0 fully saturated rings. The first-order valence-electron chi connectivity index (χ1n) is 6.22. The lowest BCUT2D eigenvalue weighted by Gasteiger charge is -2.03. The summed E-state index contributed by atoms with van der Waals surface area (Å²) in [5.41, 5.74) is 1.89. The van der Waals surface area contributed by atoms with E-state index in [9.17, 15) is 4.79 Å². The van der Waals surface area contributed by atoms with E-state index in [2.05, 4.69) is 9.97 Å². The molecule has 20 heavy (non-hydrogen) atoms. The molecule has 0 unspecified atom stereocenters. The molecule has 2 heterocycles. The highest BCUT2D eigenvalue weighted by atomic mass is 35.5. The minimum absolute atomic E-state index is 0.126. The molecule has 3 aromatic rings. The van der Waals surface area contributed by atoms with Crippen molar-refractivity contribution in [2.24, 2.45) is 0 Å². The Balaban J connectivity index is 1.89. The predicted octanol–water partition coefficient (Wildman–Crippen LogP) is 3.71. The van der Waals surface area contributed by atoms with Crippen molar-refractivity contribution in [2.45, 2.75) is 6.42 Å². The minimum atomic E-state index is -0.126. The molecule has 0 aliphatic rings. The van der Waals surface area contributed by atoms with Crippen LogP contribution in [0.15, 0.2) is 54.7 Å². The predicted molar refractivity (Wildman–Crippen MR) is 79.0 cm³/mol. The van der Waals surface area contributed by atoms with E-state index >= 15 is 0 Å². The van der Waals surface area contributed by atoms with Crippen LogP contribution in [0.5, 0.6) is 0 Å². The summed E-state index contributed by atoms with van der Waals surface area (Å²) in [5.74, 6) is -0.126. The SMILES string of the molecule is O=C(Cc1ccc2ccccc2n1)c1ncccc1Cl. The second-order valence-electron chi connectivity index (χ2n) is 4.43. The maximum absolute atomic E-state index is 12.2. The second kappa shape index (κ2) is 5.39. The Hall–Kier alpha value is -2.26. The van der Waals surface area contributed by atoms with Gasteiger partial charge in [-0.1, -0.05) is 35.9 Å². The van der Waals surface area contributed by atoms with Gasteiger partial charge < -0.3 is 0 Å². The van der Waals surface area contributed by atoms with E-state index in [0.29, 0.717) is 10.7 Å². The molecule has 1 aromatic carbocycles. The summed E-state index contributed by atoms with van der Waals surface area (Å²) in [4.78, 5) is 20.7. The molecule has 0 aliphatic carbocycles. The largest absolute Gasteiger partial charge is 0.292 e. The molecule has 4 heteroatoms. The monoisotopic (exact) mass is 282 g/mol. The average molecular weight is 283 g/mol. The molecule has 3 nitrogen and oxygen atoms in total. The van der Waals surface area contributed by atoms with Gasteiger partial charge in [-0.3, -0.25) is 14.8 Å². The Bertz CT molecular complexity index is 786. The maximum atomic E-state index is 12.2. The molecule has 0 radical (unpaired) electrons. The number of fused-ring (bicyclic) bond motifs is 1. The summed E-state index contributed by atoms with van der Waals surface area (Å²) in [6.07, 6.45) is 1.76. The number of hydrogen-bond donors (Lipinski definition) is 0. The molecule has 3 rings (SSSR count). The summed E-state index contributed by atoms with van der Waals surface area (Å²) in [6.45, 7) is 0. The molecular formula is C16H11ClN2O. The zero-order chi connectivity index (χ0) is 13.9. The number of benzene rings is 1. The molecule has 0 saturated carbocycles. The Morgan fingerprint density at radius 1 is 1.05 bits per heavy atom. The average Bonchev–Trinajstić information content (AvgIpc) is 2.47. The van der Waals surface area contributed by atoms with Crippen LogP contribution in [0, 0.1) is 0 Å². The number of hydrogen-bond acceptors (Lipinski definition) is 3. The van der Waals surface area contributed by atoms with Crippen LogP contribution in [-0.4, -0.2) is 15.8 Å². The van der Waals surface area contributed by atoms with E-state index in [1.165, 1.54) is 0 Å². The lowest BCUT2D eigenvalue weighted by Crippen LogP contribution is -2.07. The van der Waals surface area contributed by atoms with Gasteiger partial charge >= 0.3 is 0 Å². The molecular weight excluding hydrogens is 272 g/mol. The van der Waals surface area contributed by atoms with Crippen molar-refractivity contribution in [3.63, 3.8) is 0 Å². The maximum Gasteiger partial charge on any atom is 0.188 e. The lowest BCUT2D eigenvalue weighted by molar-refractivity contribution is 0.0987. The standard InChI is InChI=1S/C16H11ClN2O/c17-13-5-3-9-18-16(13)15(20)10-12-8-7-11-4-1-2-6-14(11)19-12/h1-9H,10H2. The molecule has 0 N–H and O–H groups in total. The third kappa shape index (κ3) is 2.53. The summed E-state index contributed by atoms with van der Waals surface area (Å²) in [7, 11) is 0. The number of carbonyl (C=O) groups is 1. The van der Waals surface area contributed by atoms with Crippen LogP contribution in [-0.2, 0) is 6.42 Å². The summed E-state index contributed by atoms with van der Waals surface area (Å²) >= 11 is 5.98. The fourth-order valence-electron chi connectivity index (χ4n) is 2.05. The summed E-state index contributed by atoms with van der Waals surface area (Å²) in [6, 6.07) is 15.0. The Morgan fingerprint density at radius 3 is 2.75 bits per heavy atom. The number of ketones is 1. The highest BCUT2D eigenvalue weighted by Crippen LogP contribution is 2.16. The van der Waals surface area contributed by atoms with Gasteiger partial charge in [0.1, 0.15) is 5.69 Å². The molecule has 0 bridgehead atoms. The molecule has 2 aromatic heterocycles. The number of carbonyl (C=O) groups excluding carboxylic acids is 1. The number of pyridine rings is 2. The first-order chi connectivity index (χ1) is 9.74. The molecule has 0 aliphatic heterocycles. The number of Topliss-reactive ketones (excluding diaryl/α,β-unsaturated/α-hetero) is 1.